The van der Waals surface area contributed by atoms with Crippen LogP contribution in [0, 0.1) is 20.8 Å². The number of benzene rings is 2. The Kier molecular flexibility index (Phi) is 4.71. The molecule has 2 aromatic carbocycles. The number of aryl methyl sites for hydroxylation is 3. The van der Waals surface area contributed by atoms with Crippen LogP contribution in [0.25, 0.3) is 0 Å². The molecule has 2 aromatic rings. The molecule has 0 bridgehead atoms. The number of halogens is 3. The Morgan fingerprint density at radius 2 is 1.80 bits per heavy atom. The fourth-order valence-electron chi connectivity index (χ4n) is 3.12. The molecule has 0 saturated heterocycles. The molecular weight excluding hydrogens is 360 g/mol. The van der Waals surface area contributed by atoms with Gasteiger partial charge in [-0.1, -0.05) is 29.8 Å². The maximum absolute atomic E-state index is 14.7. The Bertz CT molecular complexity index is 837. The summed E-state index contributed by atoms with van der Waals surface area (Å²) in [7, 11) is 0. The minimum absolute atomic E-state index is 0.170. The lowest BCUT2D eigenvalue weighted by atomic mass is 9.85. The zero-order valence-electron chi connectivity index (χ0n) is 14.7. The lowest BCUT2D eigenvalue weighted by Gasteiger charge is -2.34. The van der Waals surface area contributed by atoms with Crippen LogP contribution in [-0.2, 0) is 4.75 Å². The van der Waals surface area contributed by atoms with E-state index >= 15 is 0 Å². The lowest BCUT2D eigenvalue weighted by Crippen LogP contribution is -2.39. The van der Waals surface area contributed by atoms with Crippen molar-refractivity contribution in [1.29, 1.82) is 0 Å². The molecule has 1 nitrogen and oxygen atoms in total. The Morgan fingerprint density at radius 3 is 2.40 bits per heavy atom. The molecule has 0 saturated carbocycles. The van der Waals surface area contributed by atoms with Crippen LogP contribution in [0.2, 0.25) is 5.02 Å². The van der Waals surface area contributed by atoms with Crippen molar-refractivity contribution in [3.63, 3.8) is 0 Å². The van der Waals surface area contributed by atoms with Gasteiger partial charge in [-0.3, -0.25) is 0 Å². The van der Waals surface area contributed by atoms with Gasteiger partial charge in [-0.25, -0.2) is 13.2 Å². The summed E-state index contributed by atoms with van der Waals surface area (Å²) in [6, 6.07) is 11.2. The van der Waals surface area contributed by atoms with Gasteiger partial charge in [-0.05, 0) is 78.7 Å². The molecule has 1 aliphatic rings. The van der Waals surface area contributed by atoms with Crippen LogP contribution >= 0.6 is 23.5 Å². The zero-order valence-corrected chi connectivity index (χ0v) is 16.2. The number of hydrogen-bond donors (Lipinski definition) is 0. The summed E-state index contributed by atoms with van der Waals surface area (Å²) < 4.78 is 32.5. The van der Waals surface area contributed by atoms with E-state index in [0.717, 1.165) is 35.6 Å². The van der Waals surface area contributed by atoms with E-state index in [1.165, 1.54) is 5.56 Å². The summed E-state index contributed by atoms with van der Waals surface area (Å²) in [5, 5.41) is 0.471. The van der Waals surface area contributed by atoms with Crippen LogP contribution in [0.5, 0.6) is 0 Å². The van der Waals surface area contributed by atoms with E-state index in [-0.39, 0.29) is 6.42 Å². The molecule has 5 heteroatoms. The lowest BCUT2D eigenvalue weighted by molar-refractivity contribution is -0.0197. The third kappa shape index (κ3) is 3.34. The van der Waals surface area contributed by atoms with Gasteiger partial charge in [0, 0.05) is 18.4 Å². The van der Waals surface area contributed by atoms with Gasteiger partial charge < -0.3 is 0 Å². The molecule has 0 fully saturated rings. The van der Waals surface area contributed by atoms with Crippen LogP contribution in [0.1, 0.15) is 41.2 Å². The molecule has 1 aliphatic heterocycles. The maximum atomic E-state index is 14.7. The zero-order chi connectivity index (χ0) is 18.4. The minimum Gasteiger partial charge on any atom is -0.219 e. The van der Waals surface area contributed by atoms with E-state index in [4.69, 9.17) is 11.6 Å². The minimum atomic E-state index is -2.94. The molecule has 0 amide bonds. The summed E-state index contributed by atoms with van der Waals surface area (Å²) in [5.74, 6) is -2.94. The van der Waals surface area contributed by atoms with E-state index in [1.807, 2.05) is 39.0 Å². The second kappa shape index (κ2) is 6.40. The molecule has 1 atom stereocenters. The molecule has 0 aliphatic carbocycles. The van der Waals surface area contributed by atoms with E-state index in [0.29, 0.717) is 16.3 Å². The van der Waals surface area contributed by atoms with Gasteiger partial charge >= 0.3 is 0 Å². The van der Waals surface area contributed by atoms with Crippen molar-refractivity contribution in [3.8, 4) is 0 Å². The topological polar surface area (TPSA) is 12.4 Å². The van der Waals surface area contributed by atoms with Crippen LogP contribution in [0.15, 0.2) is 40.8 Å². The number of rotatable bonds is 3. The third-order valence-corrected chi connectivity index (χ3v) is 6.37. The first kappa shape index (κ1) is 18.4. The largest absolute Gasteiger partial charge is 0.266 e. The maximum Gasteiger partial charge on any atom is 0.266 e. The molecule has 0 radical (unpaired) electrons. The normalized spacial score (nSPS) is 20.7. The first-order valence-corrected chi connectivity index (χ1v) is 9.26. The Morgan fingerprint density at radius 1 is 1.08 bits per heavy atom. The molecule has 0 aromatic heterocycles. The summed E-state index contributed by atoms with van der Waals surface area (Å²) in [4.78, 5) is 0. The van der Waals surface area contributed by atoms with Crippen LogP contribution in [-0.4, -0.2) is 11.6 Å². The van der Waals surface area contributed by atoms with Gasteiger partial charge in [0.1, 0.15) is 4.75 Å². The molecule has 3 rings (SSSR count). The van der Waals surface area contributed by atoms with Gasteiger partial charge in [0.25, 0.3) is 5.92 Å². The highest BCUT2D eigenvalue weighted by Crippen LogP contribution is 2.56. The second-order valence-corrected chi connectivity index (χ2v) is 8.34. The van der Waals surface area contributed by atoms with Gasteiger partial charge in [0.05, 0.1) is 5.71 Å². The fraction of sp³-hybridized carbons (Fsp3) is 0.350. The first-order valence-electron chi connectivity index (χ1n) is 8.10. The van der Waals surface area contributed by atoms with E-state index < -0.39 is 10.7 Å². The summed E-state index contributed by atoms with van der Waals surface area (Å²) in [6.45, 7) is 6.88. The predicted molar refractivity (Wildman–Crippen MR) is 103 cm³/mol. The van der Waals surface area contributed by atoms with Crippen LogP contribution in [0.3, 0.4) is 0 Å². The van der Waals surface area contributed by atoms with Crippen molar-refractivity contribution in [2.45, 2.75) is 44.8 Å². The predicted octanol–water partition coefficient (Wildman–Crippen LogP) is 6.66. The number of nitrogens with zero attached hydrogens (tertiary/aromatic N) is 1. The van der Waals surface area contributed by atoms with E-state index in [1.54, 1.807) is 18.2 Å². The van der Waals surface area contributed by atoms with E-state index in [2.05, 4.69) is 4.40 Å². The van der Waals surface area contributed by atoms with Crippen molar-refractivity contribution < 1.29 is 8.78 Å². The average Bonchev–Trinajstić information content (AvgIpc) is 2.95. The second-order valence-electron chi connectivity index (χ2n) is 6.84. The monoisotopic (exact) mass is 379 g/mol. The van der Waals surface area contributed by atoms with Gasteiger partial charge in [-0.2, -0.15) is 0 Å². The fourth-order valence-corrected chi connectivity index (χ4v) is 4.43. The number of hydrogen-bond acceptors (Lipinski definition) is 2. The van der Waals surface area contributed by atoms with Gasteiger partial charge in [0.15, 0.2) is 0 Å². The Balaban J connectivity index is 2.04. The quantitative estimate of drug-likeness (QED) is 0.543. The smallest absolute Gasteiger partial charge is 0.219 e. The van der Waals surface area contributed by atoms with Crippen molar-refractivity contribution in [2.75, 3.05) is 0 Å². The van der Waals surface area contributed by atoms with Gasteiger partial charge in [-0.15, -0.1) is 0 Å². The van der Waals surface area contributed by atoms with Crippen molar-refractivity contribution in [2.24, 2.45) is 4.40 Å². The summed E-state index contributed by atoms with van der Waals surface area (Å²) in [5.41, 5.74) is 5.30. The SMILES string of the molecule is Cc1cc(Cl)cc(C2(C(C)(F)F)CC(c3ccc(C)c(C)c3)=NS2)c1. The van der Waals surface area contributed by atoms with Gasteiger partial charge in [0.2, 0.25) is 0 Å². The molecule has 0 N–H and O–H groups in total. The standard InChI is InChI=1S/C20H20ClF2NS/c1-12-7-16(10-17(21)8-12)20(19(4,22)23)11-18(24-25-20)15-6-5-13(2)14(3)9-15/h5-10H,11H2,1-4H3. The summed E-state index contributed by atoms with van der Waals surface area (Å²) >= 11 is 7.10. The molecule has 25 heavy (non-hydrogen) atoms. The molecule has 132 valence electrons. The molecule has 1 heterocycles. The van der Waals surface area contributed by atoms with Crippen molar-refractivity contribution in [3.05, 3.63) is 69.2 Å². The van der Waals surface area contributed by atoms with E-state index in [9.17, 15) is 8.78 Å². The van der Waals surface area contributed by atoms with Crippen molar-refractivity contribution >= 4 is 29.3 Å². The van der Waals surface area contributed by atoms with Crippen LogP contribution < -0.4 is 0 Å². The highest BCUT2D eigenvalue weighted by atomic mass is 35.5. The summed E-state index contributed by atoms with van der Waals surface area (Å²) in [6.07, 6.45) is 0.170. The molecule has 0 spiro atoms. The highest BCUT2D eigenvalue weighted by molar-refractivity contribution is 7.99. The first-order chi connectivity index (χ1) is 11.6. The molecular formula is C20H20ClF2NS. The van der Waals surface area contributed by atoms with Crippen molar-refractivity contribution in [1.82, 2.24) is 0 Å². The highest BCUT2D eigenvalue weighted by Gasteiger charge is 2.55. The number of alkyl halides is 2. The average molecular weight is 380 g/mol. The third-order valence-electron chi connectivity index (χ3n) is 4.79. The Labute approximate surface area is 156 Å². The Hall–Kier alpha value is -1.39. The molecule has 1 unspecified atom stereocenters. The van der Waals surface area contributed by atoms with Crippen LogP contribution in [0.4, 0.5) is 8.78 Å².